The summed E-state index contributed by atoms with van der Waals surface area (Å²) in [6.07, 6.45) is 2.39. The van der Waals surface area contributed by atoms with Gasteiger partial charge in [-0.25, -0.2) is 13.1 Å². The summed E-state index contributed by atoms with van der Waals surface area (Å²) in [5.74, 6) is 1.41. The Morgan fingerprint density at radius 1 is 1.44 bits per heavy atom. The van der Waals surface area contributed by atoms with Crippen molar-refractivity contribution in [3.63, 3.8) is 0 Å². The van der Waals surface area contributed by atoms with E-state index in [0.717, 1.165) is 6.42 Å². The Morgan fingerprint density at radius 3 is 2.81 bits per heavy atom. The third kappa shape index (κ3) is 5.03. The minimum atomic E-state index is -3.07. The van der Waals surface area contributed by atoms with Crippen LogP contribution in [-0.2, 0) is 10.0 Å². The minimum Gasteiger partial charge on any atom is -0.312 e. The second-order valence-electron chi connectivity index (χ2n) is 4.10. The van der Waals surface area contributed by atoms with Gasteiger partial charge in [-0.3, -0.25) is 0 Å². The van der Waals surface area contributed by atoms with Crippen LogP contribution in [0.15, 0.2) is 0 Å². The zero-order valence-electron chi connectivity index (χ0n) is 10.0. The van der Waals surface area contributed by atoms with E-state index in [1.165, 1.54) is 12.2 Å². The first kappa shape index (κ1) is 14.3. The molecule has 16 heavy (non-hydrogen) atoms. The van der Waals surface area contributed by atoms with Gasteiger partial charge in [0.2, 0.25) is 10.0 Å². The number of nitrogens with one attached hydrogen (secondary N) is 2. The van der Waals surface area contributed by atoms with Crippen LogP contribution in [0.2, 0.25) is 0 Å². The maximum absolute atomic E-state index is 11.4. The standard InChI is InChI=1S/C10H22N2O2S2/c1-3-12-16(13,14)8-6-11-10-5-4-7-15-9(10)2/h9-12H,3-8H2,1-2H3. The highest BCUT2D eigenvalue weighted by Gasteiger charge is 2.21. The molecule has 0 aliphatic carbocycles. The summed E-state index contributed by atoms with van der Waals surface area (Å²) in [6.45, 7) is 5.02. The molecule has 0 aromatic carbocycles. The third-order valence-electron chi connectivity index (χ3n) is 2.75. The normalized spacial score (nSPS) is 26.9. The van der Waals surface area contributed by atoms with Crippen molar-refractivity contribution >= 4 is 21.8 Å². The summed E-state index contributed by atoms with van der Waals surface area (Å²) in [5.41, 5.74) is 0. The molecule has 0 amide bonds. The van der Waals surface area contributed by atoms with Crippen LogP contribution in [0.4, 0.5) is 0 Å². The molecule has 1 heterocycles. The van der Waals surface area contributed by atoms with E-state index in [9.17, 15) is 8.42 Å². The van der Waals surface area contributed by atoms with Gasteiger partial charge in [-0.05, 0) is 18.6 Å². The van der Waals surface area contributed by atoms with Crippen molar-refractivity contribution in [2.45, 2.75) is 38.0 Å². The lowest BCUT2D eigenvalue weighted by atomic mass is 10.1. The molecule has 0 bridgehead atoms. The molecule has 2 atom stereocenters. The largest absolute Gasteiger partial charge is 0.312 e. The van der Waals surface area contributed by atoms with Gasteiger partial charge in [0.15, 0.2) is 0 Å². The second-order valence-corrected chi connectivity index (χ2v) is 7.51. The highest BCUT2D eigenvalue weighted by molar-refractivity contribution is 7.99. The van der Waals surface area contributed by atoms with Crippen molar-refractivity contribution in [3.8, 4) is 0 Å². The Hall–Kier alpha value is 0.220. The van der Waals surface area contributed by atoms with E-state index < -0.39 is 10.0 Å². The zero-order valence-corrected chi connectivity index (χ0v) is 11.7. The molecule has 96 valence electrons. The van der Waals surface area contributed by atoms with Crippen LogP contribution < -0.4 is 10.0 Å². The summed E-state index contributed by atoms with van der Waals surface area (Å²) in [7, 11) is -3.07. The minimum absolute atomic E-state index is 0.175. The third-order valence-corrected chi connectivity index (χ3v) is 5.60. The molecule has 0 radical (unpaired) electrons. The maximum atomic E-state index is 11.4. The van der Waals surface area contributed by atoms with Crippen LogP contribution >= 0.6 is 11.8 Å². The molecule has 2 unspecified atom stereocenters. The Kier molecular flexibility index (Phi) is 6.10. The molecular weight excluding hydrogens is 244 g/mol. The van der Waals surface area contributed by atoms with Crippen molar-refractivity contribution in [1.29, 1.82) is 0 Å². The number of thioether (sulfide) groups is 1. The van der Waals surface area contributed by atoms with E-state index >= 15 is 0 Å². The van der Waals surface area contributed by atoms with E-state index in [1.54, 1.807) is 6.92 Å². The van der Waals surface area contributed by atoms with Gasteiger partial charge in [0, 0.05) is 24.4 Å². The molecule has 1 saturated heterocycles. The Morgan fingerprint density at radius 2 is 2.19 bits per heavy atom. The average Bonchev–Trinajstić information content (AvgIpc) is 2.20. The van der Waals surface area contributed by atoms with Gasteiger partial charge < -0.3 is 5.32 Å². The van der Waals surface area contributed by atoms with E-state index in [2.05, 4.69) is 17.0 Å². The molecule has 4 nitrogen and oxygen atoms in total. The molecule has 6 heteroatoms. The van der Waals surface area contributed by atoms with Gasteiger partial charge in [0.1, 0.15) is 0 Å². The first-order valence-corrected chi connectivity index (χ1v) is 8.57. The van der Waals surface area contributed by atoms with Gasteiger partial charge in [0.25, 0.3) is 0 Å². The van der Waals surface area contributed by atoms with Gasteiger partial charge in [-0.1, -0.05) is 13.8 Å². The fourth-order valence-corrected chi connectivity index (χ4v) is 4.00. The fraction of sp³-hybridized carbons (Fsp3) is 1.00. The van der Waals surface area contributed by atoms with Crippen molar-refractivity contribution in [1.82, 2.24) is 10.0 Å². The highest BCUT2D eigenvalue weighted by atomic mass is 32.2. The fourth-order valence-electron chi connectivity index (χ4n) is 1.86. The molecule has 1 rings (SSSR count). The van der Waals surface area contributed by atoms with Crippen LogP contribution in [0.1, 0.15) is 26.7 Å². The number of hydrogen-bond acceptors (Lipinski definition) is 4. The highest BCUT2D eigenvalue weighted by Crippen LogP contribution is 2.24. The van der Waals surface area contributed by atoms with Crippen LogP contribution in [0.25, 0.3) is 0 Å². The first-order valence-electron chi connectivity index (χ1n) is 5.87. The maximum Gasteiger partial charge on any atom is 0.212 e. The predicted octanol–water partition coefficient (Wildman–Crippen LogP) is 0.799. The molecule has 2 N–H and O–H groups in total. The van der Waals surface area contributed by atoms with Crippen LogP contribution in [0.5, 0.6) is 0 Å². The van der Waals surface area contributed by atoms with Crippen molar-refractivity contribution in [2.24, 2.45) is 0 Å². The summed E-state index contributed by atoms with van der Waals surface area (Å²) >= 11 is 1.97. The zero-order chi connectivity index (χ0) is 12.0. The summed E-state index contributed by atoms with van der Waals surface area (Å²) in [4.78, 5) is 0. The molecule has 0 aromatic heterocycles. The monoisotopic (exact) mass is 266 g/mol. The molecule has 1 fully saturated rings. The SMILES string of the molecule is CCNS(=O)(=O)CCNC1CCCSC1C. The second kappa shape index (κ2) is 6.83. The summed E-state index contributed by atoms with van der Waals surface area (Å²) in [6, 6.07) is 0.468. The van der Waals surface area contributed by atoms with Gasteiger partial charge >= 0.3 is 0 Å². The summed E-state index contributed by atoms with van der Waals surface area (Å²) < 4.78 is 25.3. The predicted molar refractivity (Wildman–Crippen MR) is 70.4 cm³/mol. The lowest BCUT2D eigenvalue weighted by Gasteiger charge is -2.29. The van der Waals surface area contributed by atoms with E-state index in [1.807, 2.05) is 11.8 Å². The quantitative estimate of drug-likeness (QED) is 0.746. The van der Waals surface area contributed by atoms with Crippen molar-refractivity contribution < 1.29 is 8.42 Å². The average molecular weight is 266 g/mol. The Labute approximate surface area is 103 Å². The molecule has 0 saturated carbocycles. The number of sulfonamides is 1. The smallest absolute Gasteiger partial charge is 0.212 e. The number of hydrogen-bond donors (Lipinski definition) is 2. The van der Waals surface area contributed by atoms with Gasteiger partial charge in [0.05, 0.1) is 5.75 Å². The lowest BCUT2D eigenvalue weighted by Crippen LogP contribution is -2.42. The Bertz CT molecular complexity index is 293. The van der Waals surface area contributed by atoms with Crippen molar-refractivity contribution in [2.75, 3.05) is 24.6 Å². The number of rotatable bonds is 6. The lowest BCUT2D eigenvalue weighted by molar-refractivity contribution is 0.473. The van der Waals surface area contributed by atoms with Crippen LogP contribution in [-0.4, -0.2) is 44.3 Å². The van der Waals surface area contributed by atoms with Crippen LogP contribution in [0.3, 0.4) is 0 Å². The van der Waals surface area contributed by atoms with Gasteiger partial charge in [-0.2, -0.15) is 11.8 Å². The van der Waals surface area contributed by atoms with Gasteiger partial charge in [-0.15, -0.1) is 0 Å². The Balaban J connectivity index is 2.24. The topological polar surface area (TPSA) is 58.2 Å². The molecule has 0 aromatic rings. The van der Waals surface area contributed by atoms with Crippen molar-refractivity contribution in [3.05, 3.63) is 0 Å². The van der Waals surface area contributed by atoms with E-state index in [4.69, 9.17) is 0 Å². The van der Waals surface area contributed by atoms with Crippen LogP contribution in [0, 0.1) is 0 Å². The molecular formula is C10H22N2O2S2. The van der Waals surface area contributed by atoms with E-state index in [-0.39, 0.29) is 5.75 Å². The molecule has 1 aliphatic heterocycles. The first-order chi connectivity index (χ1) is 7.55. The molecule has 0 spiro atoms. The van der Waals surface area contributed by atoms with E-state index in [0.29, 0.717) is 24.4 Å². The molecule has 1 aliphatic rings. The summed E-state index contributed by atoms with van der Waals surface area (Å²) in [5, 5.41) is 3.94.